The third kappa shape index (κ3) is 273. The normalized spacial score (nSPS) is 7.00. The number of aliphatic carboxylic acids is 3. The Morgan fingerprint density at radius 2 is 1.19 bits per heavy atom. The Balaban J connectivity index is -0.0000000270. The van der Waals surface area contributed by atoms with Gasteiger partial charge in [0.2, 0.25) is 0 Å². The molecule has 0 heterocycles. The Bertz CT molecular complexity index is 211. The second-order valence-electron chi connectivity index (χ2n) is 2.89. The van der Waals surface area contributed by atoms with E-state index in [1.807, 2.05) is 6.92 Å². The van der Waals surface area contributed by atoms with Crippen LogP contribution in [0.5, 0.6) is 0 Å². The third-order valence-corrected chi connectivity index (χ3v) is 0.752. The summed E-state index contributed by atoms with van der Waals surface area (Å²) in [7, 11) is 0. The molecule has 0 atom stereocenters. The summed E-state index contributed by atoms with van der Waals surface area (Å²) in [6.07, 6.45) is 0. The minimum atomic E-state index is -0.833. The maximum absolute atomic E-state index is 9.00. The maximum Gasteiger partial charge on any atom is 1.00 e. The van der Waals surface area contributed by atoms with Crippen LogP contribution in [0.4, 0.5) is 0 Å². The Hall–Kier alpha value is -0.204. The van der Waals surface area contributed by atoms with Crippen LogP contribution in [0.25, 0.3) is 0 Å². The van der Waals surface area contributed by atoms with E-state index in [9.17, 15) is 0 Å². The van der Waals surface area contributed by atoms with Gasteiger partial charge < -0.3 is 27.7 Å². The monoisotopic (exact) mass is 367 g/mol. The van der Waals surface area contributed by atoms with E-state index in [-0.39, 0.29) is 47.8 Å². The van der Waals surface area contributed by atoms with Gasteiger partial charge in [0.25, 0.3) is 17.9 Å². The smallest absolute Gasteiger partial charge is 1.00 e. The summed E-state index contributed by atoms with van der Waals surface area (Å²) in [5.41, 5.74) is 5.10. The molecule has 0 aliphatic heterocycles. The molecule has 0 aliphatic carbocycles. The zero-order chi connectivity index (χ0) is 16.4. The Labute approximate surface area is 158 Å². The first-order valence-electron chi connectivity index (χ1n) is 5.23. The summed E-state index contributed by atoms with van der Waals surface area (Å²) in [6.45, 7) is 6.85. The fourth-order valence-corrected chi connectivity index (χ4v) is 0.307. The van der Waals surface area contributed by atoms with Crippen molar-refractivity contribution in [3.8, 4) is 0 Å². The number of nitrogens with zero attached hydrogens (tertiary/aromatic N) is 1. The van der Waals surface area contributed by atoms with Crippen LogP contribution in [0, 0.1) is 0 Å². The van der Waals surface area contributed by atoms with Gasteiger partial charge in [-0.2, -0.15) is 5.06 Å². The van der Waals surface area contributed by atoms with Gasteiger partial charge in [0, 0.05) is 57.2 Å². The minimum absolute atomic E-state index is 0. The zero-order valence-corrected chi connectivity index (χ0v) is 16.0. The molecule has 21 heavy (non-hydrogen) atoms. The molecule has 0 unspecified atom stereocenters. The summed E-state index contributed by atoms with van der Waals surface area (Å²) in [4.78, 5) is 27.0. The molecule has 0 saturated heterocycles. The zero-order valence-electron chi connectivity index (χ0n) is 14.0. The van der Waals surface area contributed by atoms with Gasteiger partial charge in [-0.25, -0.2) is 0 Å². The van der Waals surface area contributed by atoms with Gasteiger partial charge in [-0.3, -0.25) is 14.4 Å². The summed E-state index contributed by atoms with van der Waals surface area (Å²) in [5.74, 6) is -2.50. The average molecular weight is 367 g/mol. The van der Waals surface area contributed by atoms with Crippen molar-refractivity contribution in [2.45, 2.75) is 27.7 Å². The number of carboxylic acids is 3. The van der Waals surface area contributed by atoms with E-state index in [4.69, 9.17) is 40.6 Å². The first-order valence-corrected chi connectivity index (χ1v) is 5.23. The Morgan fingerprint density at radius 1 is 1.00 bits per heavy atom. The molecular formula is C10H25CoN2NaO7. The number of rotatable bonds is 3. The SMILES string of the molecule is CC(=O)O.CC(=O)O.CC(=O)O.CCN(O)CCN.[Co].[H-].[Na+]. The molecule has 0 aromatic heterocycles. The molecule has 1 radical (unpaired) electrons. The van der Waals surface area contributed by atoms with Crippen LogP contribution >= 0.6 is 0 Å². The second-order valence-corrected chi connectivity index (χ2v) is 2.89. The van der Waals surface area contributed by atoms with Crippen LogP contribution in [0.2, 0.25) is 0 Å². The van der Waals surface area contributed by atoms with Crippen LogP contribution in [0.15, 0.2) is 0 Å². The van der Waals surface area contributed by atoms with Gasteiger partial charge in [-0.1, -0.05) is 6.92 Å². The van der Waals surface area contributed by atoms with E-state index >= 15 is 0 Å². The van der Waals surface area contributed by atoms with E-state index in [1.165, 1.54) is 5.06 Å². The molecule has 9 nitrogen and oxygen atoms in total. The van der Waals surface area contributed by atoms with Gasteiger partial charge in [0.1, 0.15) is 0 Å². The van der Waals surface area contributed by atoms with Crippen molar-refractivity contribution in [1.29, 1.82) is 0 Å². The van der Waals surface area contributed by atoms with Crippen molar-refractivity contribution in [1.82, 2.24) is 5.06 Å². The van der Waals surface area contributed by atoms with Crippen molar-refractivity contribution < 1.29 is 82.7 Å². The average Bonchev–Trinajstić information content (AvgIpc) is 2.15. The molecule has 0 amide bonds. The number of carbonyl (C=O) groups is 3. The van der Waals surface area contributed by atoms with Gasteiger partial charge in [0.05, 0.1) is 0 Å². The standard InChI is InChI=1S/C4H12N2O.3C2H4O2.Co.Na.H/c1-2-6(7)4-3-5;3*1-2(3)4;;;/h7H,2-5H2,1H3;3*1H3,(H,3,4);;;/q;;;;;+1;-1. The fraction of sp³-hybridized carbons (Fsp3) is 0.700. The Morgan fingerprint density at radius 3 is 1.24 bits per heavy atom. The summed E-state index contributed by atoms with van der Waals surface area (Å²) in [6, 6.07) is 0. The minimum Gasteiger partial charge on any atom is -1.00 e. The van der Waals surface area contributed by atoms with E-state index in [2.05, 4.69) is 0 Å². The number of hydrogen-bond acceptors (Lipinski definition) is 6. The van der Waals surface area contributed by atoms with E-state index in [0.717, 1.165) is 20.8 Å². The number of likely N-dealkylation sites (N-methyl/N-ethyl adjacent to an activating group) is 1. The van der Waals surface area contributed by atoms with Gasteiger partial charge >= 0.3 is 29.6 Å². The van der Waals surface area contributed by atoms with Crippen molar-refractivity contribution in [2.75, 3.05) is 19.6 Å². The van der Waals surface area contributed by atoms with Crippen LogP contribution in [0.3, 0.4) is 0 Å². The summed E-state index contributed by atoms with van der Waals surface area (Å²) >= 11 is 0. The van der Waals surface area contributed by atoms with Gasteiger partial charge in [-0.05, 0) is 0 Å². The van der Waals surface area contributed by atoms with Gasteiger partial charge in [0.15, 0.2) is 0 Å². The second kappa shape index (κ2) is 31.9. The first kappa shape index (κ1) is 37.2. The van der Waals surface area contributed by atoms with Crippen LogP contribution in [-0.4, -0.2) is 63.1 Å². The number of hydroxylamine groups is 2. The number of nitrogens with two attached hydrogens (primary N) is 1. The Kier molecular flexibility index (Phi) is 56.6. The van der Waals surface area contributed by atoms with Crippen LogP contribution in [-0.2, 0) is 31.2 Å². The van der Waals surface area contributed by atoms with E-state index < -0.39 is 17.9 Å². The summed E-state index contributed by atoms with van der Waals surface area (Å²) < 4.78 is 0. The molecular weight excluding hydrogens is 342 g/mol. The maximum atomic E-state index is 9.00. The number of carboxylic acid groups (broad SMARTS) is 3. The van der Waals surface area contributed by atoms with Crippen molar-refractivity contribution >= 4 is 17.9 Å². The predicted octanol–water partition coefficient (Wildman–Crippen LogP) is -2.96. The van der Waals surface area contributed by atoms with E-state index in [1.54, 1.807) is 0 Å². The molecule has 0 spiro atoms. The molecule has 6 N–H and O–H groups in total. The first-order chi connectivity index (χ1) is 8.50. The molecule has 127 valence electrons. The van der Waals surface area contributed by atoms with Crippen LogP contribution in [0.1, 0.15) is 29.1 Å². The summed E-state index contributed by atoms with van der Waals surface area (Å²) in [5, 5.41) is 32.0. The van der Waals surface area contributed by atoms with Gasteiger partial charge in [-0.15, -0.1) is 0 Å². The van der Waals surface area contributed by atoms with Crippen molar-refractivity contribution in [3.05, 3.63) is 0 Å². The topological polar surface area (TPSA) is 161 Å². The van der Waals surface area contributed by atoms with Crippen LogP contribution < -0.4 is 35.3 Å². The largest absolute Gasteiger partial charge is 1.00 e. The molecule has 0 bridgehead atoms. The molecule has 0 rings (SSSR count). The fourth-order valence-electron chi connectivity index (χ4n) is 0.307. The third-order valence-electron chi connectivity index (χ3n) is 0.752. The molecule has 0 aromatic rings. The molecule has 11 heteroatoms. The molecule has 0 aliphatic rings. The molecule has 0 saturated carbocycles. The molecule has 0 fully saturated rings. The van der Waals surface area contributed by atoms with Crippen molar-refractivity contribution in [2.24, 2.45) is 5.73 Å². The predicted molar refractivity (Wildman–Crippen MR) is 69.1 cm³/mol. The number of hydrogen-bond donors (Lipinski definition) is 5. The van der Waals surface area contributed by atoms with Crippen molar-refractivity contribution in [3.63, 3.8) is 0 Å². The molecule has 0 aromatic carbocycles. The quantitative estimate of drug-likeness (QED) is 0.259. The van der Waals surface area contributed by atoms with E-state index in [0.29, 0.717) is 19.6 Å².